The van der Waals surface area contributed by atoms with Crippen molar-refractivity contribution in [3.05, 3.63) is 82.9 Å². The van der Waals surface area contributed by atoms with E-state index in [2.05, 4.69) is 12.2 Å². The predicted octanol–water partition coefficient (Wildman–Crippen LogP) is 4.75. The molecule has 1 atom stereocenters. The summed E-state index contributed by atoms with van der Waals surface area (Å²) in [5, 5.41) is 3.14. The Balaban J connectivity index is 1.43. The molecule has 7 nitrogen and oxygen atoms in total. The van der Waals surface area contributed by atoms with Gasteiger partial charge in [0.15, 0.2) is 6.10 Å². The van der Waals surface area contributed by atoms with Gasteiger partial charge >= 0.3 is 0 Å². The van der Waals surface area contributed by atoms with Gasteiger partial charge in [-0.05, 0) is 61.4 Å². The number of carbonyl (C=O) groups excluding carboxylic acids is 1. The van der Waals surface area contributed by atoms with Crippen LogP contribution in [-0.2, 0) is 21.2 Å². The van der Waals surface area contributed by atoms with E-state index >= 15 is 0 Å². The van der Waals surface area contributed by atoms with E-state index in [0.717, 1.165) is 24.2 Å². The quantitative estimate of drug-likeness (QED) is 0.405. The Labute approximate surface area is 217 Å². The lowest BCUT2D eigenvalue weighted by atomic mass is 10.1. The van der Waals surface area contributed by atoms with E-state index in [-0.39, 0.29) is 30.3 Å². The second-order valence-corrected chi connectivity index (χ2v) is 10.9. The SMILES string of the molecule is CCCc1ccc(OCCNC(=O)[C@H]2CN(S(=O)(=O)c3ccc(C)cc3)c3cc(Cl)ccc3O2)cc1. The van der Waals surface area contributed by atoms with E-state index in [1.165, 1.54) is 15.9 Å². The van der Waals surface area contributed by atoms with E-state index in [1.807, 2.05) is 31.2 Å². The van der Waals surface area contributed by atoms with Crippen LogP contribution in [0.1, 0.15) is 24.5 Å². The topological polar surface area (TPSA) is 84.9 Å². The molecule has 3 aromatic carbocycles. The number of amides is 1. The van der Waals surface area contributed by atoms with Crippen LogP contribution in [0.5, 0.6) is 11.5 Å². The van der Waals surface area contributed by atoms with Crippen molar-refractivity contribution in [2.45, 2.75) is 37.7 Å². The molecule has 0 saturated heterocycles. The molecular formula is C27H29ClN2O5S. The number of carbonyl (C=O) groups is 1. The van der Waals surface area contributed by atoms with Gasteiger partial charge in [-0.2, -0.15) is 0 Å². The summed E-state index contributed by atoms with van der Waals surface area (Å²) in [5.74, 6) is 0.561. The van der Waals surface area contributed by atoms with E-state index in [4.69, 9.17) is 21.1 Å². The first kappa shape index (κ1) is 25.9. The van der Waals surface area contributed by atoms with Crippen LogP contribution in [0.25, 0.3) is 0 Å². The zero-order chi connectivity index (χ0) is 25.7. The summed E-state index contributed by atoms with van der Waals surface area (Å²) in [4.78, 5) is 13.0. The van der Waals surface area contributed by atoms with Gasteiger partial charge in [0, 0.05) is 5.02 Å². The van der Waals surface area contributed by atoms with Gasteiger partial charge in [-0.1, -0.05) is 54.8 Å². The predicted molar refractivity (Wildman–Crippen MR) is 141 cm³/mol. The first-order chi connectivity index (χ1) is 17.3. The minimum absolute atomic E-state index is 0.124. The number of ether oxygens (including phenoxy) is 2. The van der Waals surface area contributed by atoms with Gasteiger partial charge in [-0.15, -0.1) is 0 Å². The van der Waals surface area contributed by atoms with Crippen LogP contribution in [0, 0.1) is 6.92 Å². The van der Waals surface area contributed by atoms with Crippen molar-refractivity contribution in [2.75, 3.05) is 24.0 Å². The molecule has 3 aromatic rings. The van der Waals surface area contributed by atoms with Gasteiger partial charge in [0.05, 0.1) is 23.7 Å². The number of hydrogen-bond donors (Lipinski definition) is 1. The molecule has 190 valence electrons. The fraction of sp³-hybridized carbons (Fsp3) is 0.296. The molecule has 0 radical (unpaired) electrons. The second kappa shape index (κ2) is 11.2. The minimum Gasteiger partial charge on any atom is -0.492 e. The standard InChI is InChI=1S/C27H29ClN2O5S/c1-3-4-20-7-10-22(11-8-20)34-16-15-29-27(31)26-18-30(24-17-21(28)9-14-25(24)35-26)36(32,33)23-12-5-19(2)6-13-23/h5-14,17,26H,3-4,15-16,18H2,1-2H3,(H,29,31)/t26-/m1/s1. The lowest BCUT2D eigenvalue weighted by Crippen LogP contribution is -2.51. The Morgan fingerprint density at radius 1 is 1.11 bits per heavy atom. The molecule has 1 aliphatic heterocycles. The highest BCUT2D eigenvalue weighted by atomic mass is 35.5. The molecule has 1 amide bonds. The smallest absolute Gasteiger partial charge is 0.264 e. The number of hydrogen-bond acceptors (Lipinski definition) is 5. The zero-order valence-electron chi connectivity index (χ0n) is 20.2. The van der Waals surface area contributed by atoms with E-state index in [1.54, 1.807) is 36.4 Å². The third-order valence-corrected chi connectivity index (χ3v) is 7.85. The summed E-state index contributed by atoms with van der Waals surface area (Å²) >= 11 is 6.15. The largest absolute Gasteiger partial charge is 0.492 e. The third kappa shape index (κ3) is 5.94. The Morgan fingerprint density at radius 3 is 2.53 bits per heavy atom. The van der Waals surface area contributed by atoms with Crippen LogP contribution in [0.15, 0.2) is 71.6 Å². The van der Waals surface area contributed by atoms with E-state index < -0.39 is 22.0 Å². The molecule has 0 saturated carbocycles. The lowest BCUT2D eigenvalue weighted by molar-refractivity contribution is -0.127. The first-order valence-electron chi connectivity index (χ1n) is 11.8. The fourth-order valence-corrected chi connectivity index (χ4v) is 5.56. The van der Waals surface area contributed by atoms with Crippen LogP contribution in [0.2, 0.25) is 5.02 Å². The van der Waals surface area contributed by atoms with Crippen LogP contribution >= 0.6 is 11.6 Å². The van der Waals surface area contributed by atoms with Crippen LogP contribution in [-0.4, -0.2) is 40.1 Å². The van der Waals surface area contributed by atoms with Gasteiger partial charge in [-0.3, -0.25) is 9.10 Å². The lowest BCUT2D eigenvalue weighted by Gasteiger charge is -2.34. The molecule has 1 N–H and O–H groups in total. The zero-order valence-corrected chi connectivity index (χ0v) is 21.8. The van der Waals surface area contributed by atoms with Gasteiger partial charge in [-0.25, -0.2) is 8.42 Å². The number of aryl methyl sites for hydroxylation is 2. The molecule has 0 aliphatic carbocycles. The summed E-state index contributed by atoms with van der Waals surface area (Å²) in [6, 6.07) is 19.1. The number of nitrogens with zero attached hydrogens (tertiary/aromatic N) is 1. The van der Waals surface area contributed by atoms with Crippen molar-refractivity contribution in [1.29, 1.82) is 0 Å². The number of fused-ring (bicyclic) bond motifs is 1. The number of nitrogens with one attached hydrogen (secondary N) is 1. The maximum absolute atomic E-state index is 13.5. The van der Waals surface area contributed by atoms with E-state index in [0.29, 0.717) is 10.7 Å². The highest BCUT2D eigenvalue weighted by molar-refractivity contribution is 7.92. The highest BCUT2D eigenvalue weighted by Crippen LogP contribution is 2.38. The van der Waals surface area contributed by atoms with Crippen LogP contribution in [0.4, 0.5) is 5.69 Å². The van der Waals surface area contributed by atoms with Crippen molar-refractivity contribution in [1.82, 2.24) is 5.32 Å². The van der Waals surface area contributed by atoms with E-state index in [9.17, 15) is 13.2 Å². The van der Waals surface area contributed by atoms with Crippen LogP contribution < -0.4 is 19.1 Å². The fourth-order valence-electron chi connectivity index (χ4n) is 3.92. The normalized spacial score (nSPS) is 15.1. The maximum atomic E-state index is 13.5. The average molecular weight is 529 g/mol. The number of rotatable bonds is 9. The molecule has 1 aliphatic rings. The molecule has 1 heterocycles. The van der Waals surface area contributed by atoms with Crippen molar-refractivity contribution in [2.24, 2.45) is 0 Å². The van der Waals surface area contributed by atoms with Crippen molar-refractivity contribution < 1.29 is 22.7 Å². The molecule has 0 unspecified atom stereocenters. The highest BCUT2D eigenvalue weighted by Gasteiger charge is 2.37. The van der Waals surface area contributed by atoms with Crippen molar-refractivity contribution >= 4 is 33.2 Å². The van der Waals surface area contributed by atoms with Gasteiger partial charge in [0.2, 0.25) is 0 Å². The molecule has 4 rings (SSSR count). The Hall–Kier alpha value is -3.23. The average Bonchev–Trinajstić information content (AvgIpc) is 2.87. The molecule has 0 aromatic heterocycles. The Kier molecular flexibility index (Phi) is 8.06. The molecular weight excluding hydrogens is 500 g/mol. The number of halogens is 1. The van der Waals surface area contributed by atoms with Gasteiger partial charge in [0.25, 0.3) is 15.9 Å². The first-order valence-corrected chi connectivity index (χ1v) is 13.6. The molecule has 0 bridgehead atoms. The number of sulfonamides is 1. The summed E-state index contributed by atoms with van der Waals surface area (Å²) in [6.45, 7) is 4.34. The van der Waals surface area contributed by atoms with Crippen molar-refractivity contribution in [3.63, 3.8) is 0 Å². The summed E-state index contributed by atoms with van der Waals surface area (Å²) in [5.41, 5.74) is 2.48. The molecule has 36 heavy (non-hydrogen) atoms. The Morgan fingerprint density at radius 2 is 1.83 bits per heavy atom. The van der Waals surface area contributed by atoms with Gasteiger partial charge in [0.1, 0.15) is 18.1 Å². The summed E-state index contributed by atoms with van der Waals surface area (Å²) < 4.78 is 39.8. The number of benzene rings is 3. The van der Waals surface area contributed by atoms with Crippen LogP contribution in [0.3, 0.4) is 0 Å². The summed E-state index contributed by atoms with van der Waals surface area (Å²) in [6.07, 6.45) is 1.06. The maximum Gasteiger partial charge on any atom is 0.264 e. The van der Waals surface area contributed by atoms with Crippen molar-refractivity contribution in [3.8, 4) is 11.5 Å². The monoisotopic (exact) mass is 528 g/mol. The molecule has 0 fully saturated rings. The summed E-state index contributed by atoms with van der Waals surface area (Å²) in [7, 11) is -3.95. The molecule has 0 spiro atoms. The number of anilines is 1. The second-order valence-electron chi connectivity index (χ2n) is 8.60. The Bertz CT molecular complexity index is 1310. The third-order valence-electron chi connectivity index (χ3n) is 5.82. The molecule has 9 heteroatoms. The van der Waals surface area contributed by atoms with Gasteiger partial charge < -0.3 is 14.8 Å². The minimum atomic E-state index is -3.95.